The number of carboxylic acid groups (broad SMARTS) is 1. The van der Waals surface area contributed by atoms with E-state index in [1.54, 1.807) is 6.92 Å². The zero-order valence-electron chi connectivity index (χ0n) is 7.61. The smallest absolute Gasteiger partial charge is 0.413 e. The van der Waals surface area contributed by atoms with Gasteiger partial charge in [-0.2, -0.15) is 0 Å². The Labute approximate surface area is 80.0 Å². The Balaban J connectivity index is 3.55. The van der Waals surface area contributed by atoms with Gasteiger partial charge in [-0.05, 0) is 6.92 Å². The Bertz CT molecular complexity index is 226. The van der Waals surface area contributed by atoms with Gasteiger partial charge in [-0.1, -0.05) is 0 Å². The Morgan fingerprint density at radius 1 is 1.29 bits per heavy atom. The number of imide groups is 1. The lowest BCUT2D eigenvalue weighted by Crippen LogP contribution is -2.34. The Kier molecular flexibility index (Phi) is 6.04. The van der Waals surface area contributed by atoms with E-state index in [0.717, 1.165) is 0 Å². The third kappa shape index (κ3) is 7.04. The molecule has 0 fully saturated rings. The molecule has 2 amide bonds. The Hall–Kier alpha value is -1.63. The number of carbonyl (C=O) groups excluding carboxylic acids is 2. The molecule has 0 spiro atoms. The highest BCUT2D eigenvalue weighted by molar-refractivity contribution is 5.92. The molecule has 0 aliphatic carbocycles. The molecule has 0 rings (SSSR count). The minimum Gasteiger partial charge on any atom is -0.480 e. The highest BCUT2D eigenvalue weighted by Gasteiger charge is 2.08. The molecule has 0 saturated carbocycles. The first-order chi connectivity index (χ1) is 6.56. The molecule has 0 heterocycles. The second-order valence-electron chi connectivity index (χ2n) is 2.16. The van der Waals surface area contributed by atoms with E-state index in [-0.39, 0.29) is 6.61 Å². The largest absolute Gasteiger partial charge is 0.480 e. The molecule has 0 aromatic rings. The lowest BCUT2D eigenvalue weighted by Gasteiger charge is -2.03. The zero-order valence-corrected chi connectivity index (χ0v) is 7.61. The van der Waals surface area contributed by atoms with Gasteiger partial charge in [0, 0.05) is 0 Å². The van der Waals surface area contributed by atoms with Crippen LogP contribution >= 0.6 is 0 Å². The molecule has 7 heteroatoms. The van der Waals surface area contributed by atoms with E-state index in [9.17, 15) is 14.4 Å². The molecule has 0 saturated heterocycles. The molecular formula is C7H11NO6. The predicted octanol–water partition coefficient (Wildman–Crippen LogP) is -0.640. The topological polar surface area (TPSA) is 102 Å². The minimum atomic E-state index is -1.19. The number of hydrogen-bond acceptors (Lipinski definition) is 5. The maximum absolute atomic E-state index is 10.8. The molecule has 0 unspecified atom stereocenters. The van der Waals surface area contributed by atoms with E-state index in [0.29, 0.717) is 0 Å². The van der Waals surface area contributed by atoms with E-state index in [1.165, 1.54) is 0 Å². The van der Waals surface area contributed by atoms with Crippen molar-refractivity contribution in [3.8, 4) is 0 Å². The second kappa shape index (κ2) is 6.84. The third-order valence-corrected chi connectivity index (χ3v) is 0.976. The van der Waals surface area contributed by atoms with Crippen molar-refractivity contribution in [2.24, 2.45) is 0 Å². The van der Waals surface area contributed by atoms with Crippen LogP contribution in [0.3, 0.4) is 0 Å². The zero-order chi connectivity index (χ0) is 11.0. The lowest BCUT2D eigenvalue weighted by molar-refractivity contribution is -0.143. The molecule has 0 aliphatic heterocycles. The predicted molar refractivity (Wildman–Crippen MR) is 43.6 cm³/mol. The first-order valence-corrected chi connectivity index (χ1v) is 3.82. The van der Waals surface area contributed by atoms with Gasteiger partial charge in [0.2, 0.25) is 0 Å². The van der Waals surface area contributed by atoms with Gasteiger partial charge >= 0.3 is 12.1 Å². The molecule has 0 bridgehead atoms. The van der Waals surface area contributed by atoms with Crippen LogP contribution in [0.4, 0.5) is 4.79 Å². The normalized spacial score (nSPS) is 9.21. The molecule has 0 atom stereocenters. The van der Waals surface area contributed by atoms with Crippen molar-refractivity contribution in [1.82, 2.24) is 5.32 Å². The number of nitrogens with one attached hydrogen (secondary N) is 1. The minimum absolute atomic E-state index is 0.148. The van der Waals surface area contributed by atoms with Crippen LogP contribution in [0.5, 0.6) is 0 Å². The third-order valence-electron chi connectivity index (χ3n) is 0.976. The molecule has 0 aliphatic rings. The standard InChI is InChI=1S/C7H11NO6/c1-2-14-7(12)8-5(9)3-13-4-6(10)11/h2-4H2,1H3,(H,10,11)(H,8,9,12). The lowest BCUT2D eigenvalue weighted by atomic mass is 10.6. The molecule has 14 heavy (non-hydrogen) atoms. The van der Waals surface area contributed by atoms with E-state index in [2.05, 4.69) is 9.47 Å². The maximum Gasteiger partial charge on any atom is 0.413 e. The maximum atomic E-state index is 10.8. The van der Waals surface area contributed by atoms with Gasteiger partial charge in [0.25, 0.3) is 5.91 Å². The summed E-state index contributed by atoms with van der Waals surface area (Å²) in [5, 5.41) is 9.98. The van der Waals surface area contributed by atoms with Crippen LogP contribution in [-0.2, 0) is 19.1 Å². The average molecular weight is 205 g/mol. The second-order valence-corrected chi connectivity index (χ2v) is 2.16. The van der Waals surface area contributed by atoms with Crippen molar-refractivity contribution in [2.75, 3.05) is 19.8 Å². The van der Waals surface area contributed by atoms with Gasteiger partial charge in [-0.3, -0.25) is 10.1 Å². The number of amides is 2. The quantitative estimate of drug-likeness (QED) is 0.619. The van der Waals surface area contributed by atoms with Crippen molar-refractivity contribution in [2.45, 2.75) is 6.92 Å². The van der Waals surface area contributed by atoms with Gasteiger partial charge in [-0.15, -0.1) is 0 Å². The van der Waals surface area contributed by atoms with Crippen molar-refractivity contribution >= 4 is 18.0 Å². The molecule has 0 aromatic carbocycles. The molecule has 0 radical (unpaired) electrons. The van der Waals surface area contributed by atoms with Gasteiger partial charge in [0.05, 0.1) is 6.61 Å². The molecule has 7 nitrogen and oxygen atoms in total. The number of hydrogen-bond donors (Lipinski definition) is 2. The first kappa shape index (κ1) is 12.4. The van der Waals surface area contributed by atoms with Crippen LogP contribution in [0.2, 0.25) is 0 Å². The summed E-state index contributed by atoms with van der Waals surface area (Å²) in [6.07, 6.45) is -0.878. The molecular weight excluding hydrogens is 194 g/mol. The van der Waals surface area contributed by atoms with Crippen LogP contribution in [-0.4, -0.2) is 42.9 Å². The molecule has 80 valence electrons. The summed E-state index contributed by atoms with van der Waals surface area (Å²) in [7, 11) is 0. The molecule has 2 N–H and O–H groups in total. The first-order valence-electron chi connectivity index (χ1n) is 3.82. The van der Waals surface area contributed by atoms with Crippen LogP contribution < -0.4 is 5.32 Å². The van der Waals surface area contributed by atoms with Gasteiger partial charge < -0.3 is 14.6 Å². The van der Waals surface area contributed by atoms with E-state index in [1.807, 2.05) is 5.32 Å². The fourth-order valence-electron chi connectivity index (χ4n) is 0.548. The summed E-state index contributed by atoms with van der Waals surface area (Å²) in [6.45, 7) is 0.654. The monoisotopic (exact) mass is 205 g/mol. The number of alkyl carbamates (subject to hydrolysis) is 1. The highest BCUT2D eigenvalue weighted by atomic mass is 16.5. The van der Waals surface area contributed by atoms with Gasteiger partial charge in [-0.25, -0.2) is 9.59 Å². The summed E-state index contributed by atoms with van der Waals surface area (Å²) < 4.78 is 8.81. The van der Waals surface area contributed by atoms with Crippen LogP contribution in [0.25, 0.3) is 0 Å². The molecule has 0 aromatic heterocycles. The number of rotatable bonds is 5. The summed E-state index contributed by atoms with van der Waals surface area (Å²) in [6, 6.07) is 0. The average Bonchev–Trinajstić information content (AvgIpc) is 2.03. The summed E-state index contributed by atoms with van der Waals surface area (Å²) >= 11 is 0. The highest BCUT2D eigenvalue weighted by Crippen LogP contribution is 1.79. The van der Waals surface area contributed by atoms with Crippen molar-refractivity contribution in [1.29, 1.82) is 0 Å². The fourth-order valence-corrected chi connectivity index (χ4v) is 0.548. The van der Waals surface area contributed by atoms with Gasteiger partial charge in [0.1, 0.15) is 13.2 Å². The van der Waals surface area contributed by atoms with E-state index >= 15 is 0 Å². The number of ether oxygens (including phenoxy) is 2. The Morgan fingerprint density at radius 2 is 1.93 bits per heavy atom. The van der Waals surface area contributed by atoms with Crippen LogP contribution in [0.15, 0.2) is 0 Å². The van der Waals surface area contributed by atoms with Crippen molar-refractivity contribution in [3.63, 3.8) is 0 Å². The number of aliphatic carboxylic acids is 1. The Morgan fingerprint density at radius 3 is 2.43 bits per heavy atom. The number of carboxylic acids is 1. The van der Waals surface area contributed by atoms with E-state index < -0.39 is 31.2 Å². The summed E-state index contributed by atoms with van der Waals surface area (Å²) in [4.78, 5) is 31.4. The summed E-state index contributed by atoms with van der Waals surface area (Å²) in [5.41, 5.74) is 0. The van der Waals surface area contributed by atoms with E-state index in [4.69, 9.17) is 5.11 Å². The van der Waals surface area contributed by atoms with Crippen LogP contribution in [0, 0.1) is 0 Å². The van der Waals surface area contributed by atoms with Crippen molar-refractivity contribution in [3.05, 3.63) is 0 Å². The summed E-state index contributed by atoms with van der Waals surface area (Å²) in [5.74, 6) is -1.93. The number of carbonyl (C=O) groups is 3. The SMILES string of the molecule is CCOC(=O)NC(=O)COCC(=O)O. The fraction of sp³-hybridized carbons (Fsp3) is 0.571. The van der Waals surface area contributed by atoms with Gasteiger partial charge in [0.15, 0.2) is 0 Å². The van der Waals surface area contributed by atoms with Crippen LogP contribution in [0.1, 0.15) is 6.92 Å². The van der Waals surface area contributed by atoms with Crippen molar-refractivity contribution < 1.29 is 29.0 Å².